The SMILES string of the molecule is O=C1O[C@@H](Nc2ccc([N+](=O)[O-])c[nH+]2)c2ccccc21. The molecule has 0 unspecified atom stereocenters. The molecule has 1 aromatic heterocycles. The lowest BCUT2D eigenvalue weighted by Crippen LogP contribution is -2.18. The highest BCUT2D eigenvalue weighted by molar-refractivity contribution is 5.94. The van der Waals surface area contributed by atoms with Crippen LogP contribution in [-0.2, 0) is 4.74 Å². The van der Waals surface area contributed by atoms with Gasteiger partial charge in [0, 0.05) is 12.1 Å². The van der Waals surface area contributed by atoms with E-state index in [2.05, 4.69) is 10.3 Å². The first-order chi connectivity index (χ1) is 9.65. The number of nitrogens with one attached hydrogen (secondary N) is 2. The van der Waals surface area contributed by atoms with Gasteiger partial charge in [0.25, 0.3) is 12.0 Å². The van der Waals surface area contributed by atoms with Crippen LogP contribution in [0.15, 0.2) is 42.6 Å². The molecule has 1 aliphatic heterocycles. The van der Waals surface area contributed by atoms with Crippen LogP contribution in [0.25, 0.3) is 0 Å². The van der Waals surface area contributed by atoms with Gasteiger partial charge in [-0.15, -0.1) is 0 Å². The molecule has 100 valence electrons. The molecule has 3 rings (SSSR count). The van der Waals surface area contributed by atoms with Crippen LogP contribution in [0.3, 0.4) is 0 Å². The third-order valence-corrected chi connectivity index (χ3v) is 2.98. The molecule has 2 heterocycles. The molecule has 0 fully saturated rings. The Morgan fingerprint density at radius 2 is 2.05 bits per heavy atom. The molecule has 0 spiro atoms. The second-order valence-corrected chi connectivity index (χ2v) is 4.23. The highest BCUT2D eigenvalue weighted by atomic mass is 16.6. The topological polar surface area (TPSA) is 95.6 Å². The van der Waals surface area contributed by atoms with Gasteiger partial charge in [-0.2, -0.15) is 0 Å². The predicted molar refractivity (Wildman–Crippen MR) is 67.9 cm³/mol. The summed E-state index contributed by atoms with van der Waals surface area (Å²) in [4.78, 5) is 24.5. The van der Waals surface area contributed by atoms with E-state index in [9.17, 15) is 14.9 Å². The van der Waals surface area contributed by atoms with Crippen molar-refractivity contribution in [2.45, 2.75) is 6.23 Å². The number of hydrogen-bond acceptors (Lipinski definition) is 5. The van der Waals surface area contributed by atoms with Gasteiger partial charge in [-0.3, -0.25) is 10.1 Å². The van der Waals surface area contributed by atoms with Crippen molar-refractivity contribution in [3.8, 4) is 0 Å². The van der Waals surface area contributed by atoms with Crippen LogP contribution in [0.5, 0.6) is 0 Å². The molecule has 0 aliphatic carbocycles. The Labute approximate surface area is 113 Å². The van der Waals surface area contributed by atoms with Gasteiger partial charge in [0.2, 0.25) is 0 Å². The largest absolute Gasteiger partial charge is 0.414 e. The van der Waals surface area contributed by atoms with Gasteiger partial charge in [0.1, 0.15) is 0 Å². The molecular weight excluding hydrogens is 262 g/mol. The highest BCUT2D eigenvalue weighted by Gasteiger charge is 2.33. The summed E-state index contributed by atoms with van der Waals surface area (Å²) < 4.78 is 5.21. The third kappa shape index (κ3) is 2.05. The Morgan fingerprint density at radius 3 is 2.75 bits per heavy atom. The molecule has 0 saturated carbocycles. The minimum absolute atomic E-state index is 0.0423. The zero-order valence-electron chi connectivity index (χ0n) is 10.2. The number of fused-ring (bicyclic) bond motifs is 1. The van der Waals surface area contributed by atoms with Crippen molar-refractivity contribution in [2.75, 3.05) is 5.32 Å². The lowest BCUT2D eigenvalue weighted by atomic mass is 10.1. The molecule has 0 amide bonds. The molecule has 0 bridgehead atoms. The van der Waals surface area contributed by atoms with Crippen LogP contribution in [0.4, 0.5) is 11.5 Å². The summed E-state index contributed by atoms with van der Waals surface area (Å²) in [6.45, 7) is 0. The van der Waals surface area contributed by atoms with E-state index < -0.39 is 11.2 Å². The van der Waals surface area contributed by atoms with E-state index in [1.165, 1.54) is 18.3 Å². The average molecular weight is 272 g/mol. The predicted octanol–water partition coefficient (Wildman–Crippen LogP) is 1.69. The van der Waals surface area contributed by atoms with Crippen molar-refractivity contribution in [1.29, 1.82) is 0 Å². The van der Waals surface area contributed by atoms with Gasteiger partial charge in [-0.1, -0.05) is 18.2 Å². The monoisotopic (exact) mass is 272 g/mol. The second-order valence-electron chi connectivity index (χ2n) is 4.23. The van der Waals surface area contributed by atoms with Gasteiger partial charge < -0.3 is 4.74 Å². The van der Waals surface area contributed by atoms with E-state index in [0.29, 0.717) is 11.4 Å². The Kier molecular flexibility index (Phi) is 2.79. The standard InChI is InChI=1S/C13H9N3O4/c17-13-10-4-2-1-3-9(10)12(20-13)15-11-6-5-8(7-14-11)16(18)19/h1-7,12H,(H,14,15)/p+1/t12-/m1/s1. The number of benzene rings is 1. The first kappa shape index (κ1) is 12.1. The van der Waals surface area contributed by atoms with Crippen LogP contribution >= 0.6 is 0 Å². The number of carbonyl (C=O) groups excluding carboxylic acids is 1. The summed E-state index contributed by atoms with van der Waals surface area (Å²) in [6, 6.07) is 9.95. The van der Waals surface area contributed by atoms with E-state index in [4.69, 9.17) is 4.74 Å². The molecule has 20 heavy (non-hydrogen) atoms. The van der Waals surface area contributed by atoms with Gasteiger partial charge in [0.15, 0.2) is 6.20 Å². The normalized spacial score (nSPS) is 16.4. The van der Waals surface area contributed by atoms with Crippen LogP contribution < -0.4 is 10.3 Å². The lowest BCUT2D eigenvalue weighted by molar-refractivity contribution is -0.413. The van der Waals surface area contributed by atoms with E-state index >= 15 is 0 Å². The number of H-pyrrole nitrogens is 1. The Hall–Kier alpha value is -2.96. The number of nitrogens with zero attached hydrogens (tertiary/aromatic N) is 1. The van der Waals surface area contributed by atoms with Crippen molar-refractivity contribution in [1.82, 2.24) is 0 Å². The first-order valence-corrected chi connectivity index (χ1v) is 5.88. The molecule has 1 aromatic carbocycles. The van der Waals surface area contributed by atoms with Crippen molar-refractivity contribution >= 4 is 17.5 Å². The fourth-order valence-electron chi connectivity index (χ4n) is 2.01. The molecule has 0 saturated heterocycles. The Balaban J connectivity index is 1.82. The molecule has 2 N–H and O–H groups in total. The Morgan fingerprint density at radius 1 is 1.25 bits per heavy atom. The molecular formula is C13H10N3O4+. The number of ether oxygens (including phenoxy) is 1. The van der Waals surface area contributed by atoms with E-state index in [-0.39, 0.29) is 11.7 Å². The van der Waals surface area contributed by atoms with Crippen molar-refractivity contribution in [3.05, 3.63) is 63.8 Å². The van der Waals surface area contributed by atoms with Gasteiger partial charge in [0.05, 0.1) is 16.1 Å². The smallest absolute Gasteiger partial charge is 0.342 e. The quantitative estimate of drug-likeness (QED) is 0.521. The number of pyridine rings is 1. The highest BCUT2D eigenvalue weighted by Crippen LogP contribution is 2.30. The van der Waals surface area contributed by atoms with E-state index in [1.54, 1.807) is 18.2 Å². The number of aromatic nitrogens is 1. The molecule has 1 aliphatic rings. The summed E-state index contributed by atoms with van der Waals surface area (Å²) >= 11 is 0. The molecule has 1 atom stereocenters. The van der Waals surface area contributed by atoms with Gasteiger partial charge in [-0.05, 0) is 6.07 Å². The summed E-state index contributed by atoms with van der Waals surface area (Å²) in [5, 5.41) is 13.5. The molecule has 7 nitrogen and oxygen atoms in total. The first-order valence-electron chi connectivity index (χ1n) is 5.88. The summed E-state index contributed by atoms with van der Waals surface area (Å²) in [7, 11) is 0. The van der Waals surface area contributed by atoms with Crippen molar-refractivity contribution < 1.29 is 19.4 Å². The Bertz CT molecular complexity index is 684. The number of aromatic amines is 1. The minimum atomic E-state index is -0.601. The second kappa shape index (κ2) is 4.61. The molecule has 2 aromatic rings. The van der Waals surface area contributed by atoms with Crippen molar-refractivity contribution in [3.63, 3.8) is 0 Å². The number of nitro groups is 1. The van der Waals surface area contributed by atoms with Crippen LogP contribution in [0.2, 0.25) is 0 Å². The van der Waals surface area contributed by atoms with Crippen LogP contribution in [0, 0.1) is 10.1 Å². The zero-order chi connectivity index (χ0) is 14.1. The molecule has 0 radical (unpaired) electrons. The lowest BCUT2D eigenvalue weighted by Gasteiger charge is -2.07. The third-order valence-electron chi connectivity index (χ3n) is 2.98. The minimum Gasteiger partial charge on any atom is -0.414 e. The summed E-state index contributed by atoms with van der Waals surface area (Å²) in [5.74, 6) is 0.130. The fourth-order valence-corrected chi connectivity index (χ4v) is 2.01. The van der Waals surface area contributed by atoms with E-state index in [0.717, 1.165) is 5.56 Å². The van der Waals surface area contributed by atoms with Crippen LogP contribution in [-0.4, -0.2) is 10.9 Å². The van der Waals surface area contributed by atoms with Crippen LogP contribution in [0.1, 0.15) is 22.1 Å². The number of esters is 1. The summed E-state index contributed by atoms with van der Waals surface area (Å²) in [6.07, 6.45) is 0.668. The number of rotatable bonds is 3. The maximum atomic E-state index is 11.6. The molecule has 7 heteroatoms. The maximum Gasteiger partial charge on any atom is 0.342 e. The number of anilines is 1. The summed E-state index contributed by atoms with van der Waals surface area (Å²) in [5.41, 5.74) is 1.22. The fraction of sp³-hybridized carbons (Fsp3) is 0.0769. The number of hydrogen-bond donors (Lipinski definition) is 1. The number of carbonyl (C=O) groups is 1. The number of cyclic esters (lactones) is 1. The zero-order valence-corrected chi connectivity index (χ0v) is 10.2. The van der Waals surface area contributed by atoms with E-state index in [1.807, 2.05) is 6.07 Å². The average Bonchev–Trinajstić information content (AvgIpc) is 2.77. The van der Waals surface area contributed by atoms with Crippen molar-refractivity contribution in [2.24, 2.45) is 0 Å². The van der Waals surface area contributed by atoms with Gasteiger partial charge >= 0.3 is 11.7 Å². The van der Waals surface area contributed by atoms with Gasteiger partial charge in [-0.25, -0.2) is 15.1 Å². The maximum absolute atomic E-state index is 11.6.